The molecule has 3 aromatic rings. The van der Waals surface area contributed by atoms with Crippen LogP contribution < -0.4 is 4.90 Å². The summed E-state index contributed by atoms with van der Waals surface area (Å²) in [5.41, 5.74) is 3.45. The Balaban J connectivity index is 1.33. The van der Waals surface area contributed by atoms with Crippen LogP contribution in [0.3, 0.4) is 0 Å². The quantitative estimate of drug-likeness (QED) is 0.559. The van der Waals surface area contributed by atoms with Crippen molar-refractivity contribution in [2.24, 2.45) is 9.98 Å². The van der Waals surface area contributed by atoms with Crippen LogP contribution in [0.1, 0.15) is 23.2 Å². The molecule has 3 aromatic carbocycles. The maximum Gasteiger partial charge on any atom is 0.204 e. The highest BCUT2D eigenvalue weighted by molar-refractivity contribution is 5.88. The van der Waals surface area contributed by atoms with Crippen molar-refractivity contribution in [1.29, 1.82) is 0 Å². The minimum absolute atomic E-state index is 0.0522. The van der Waals surface area contributed by atoms with E-state index < -0.39 is 0 Å². The minimum atomic E-state index is 0.0522. The smallest absolute Gasteiger partial charge is 0.204 e. The van der Waals surface area contributed by atoms with Crippen molar-refractivity contribution < 1.29 is 9.47 Å². The molecule has 156 valence electrons. The zero-order chi connectivity index (χ0) is 20.9. The van der Waals surface area contributed by atoms with Gasteiger partial charge in [0.15, 0.2) is 0 Å². The second-order valence-corrected chi connectivity index (χ2v) is 7.71. The lowest BCUT2D eigenvalue weighted by atomic mass is 10.1. The van der Waals surface area contributed by atoms with Crippen molar-refractivity contribution in [2.45, 2.75) is 12.1 Å². The van der Waals surface area contributed by atoms with Gasteiger partial charge in [0, 0.05) is 5.69 Å². The minimum Gasteiger partial charge on any atom is -0.477 e. The fourth-order valence-corrected chi connectivity index (χ4v) is 3.92. The zero-order valence-electron chi connectivity index (χ0n) is 17.3. The third-order valence-electron chi connectivity index (χ3n) is 5.56. The first-order valence-corrected chi connectivity index (χ1v) is 10.6. The number of hydrogen-bond donors (Lipinski definition) is 0. The van der Waals surface area contributed by atoms with E-state index in [0.717, 1.165) is 17.5 Å². The molecule has 2 aliphatic heterocycles. The largest absolute Gasteiger partial charge is 0.477 e. The second kappa shape index (κ2) is 9.04. The average Bonchev–Trinajstić information content (AvgIpc) is 3.50. The SMILES string of the molecule is c1ccc([C@@H]2COC(CN(CC3=N[C@H](c4ccccc4)CO3)c3ccccc3)=N2)cc1. The summed E-state index contributed by atoms with van der Waals surface area (Å²) in [5, 5.41) is 0. The van der Waals surface area contributed by atoms with Crippen molar-refractivity contribution in [3.05, 3.63) is 102 Å². The second-order valence-electron chi connectivity index (χ2n) is 7.71. The van der Waals surface area contributed by atoms with E-state index in [0.29, 0.717) is 26.3 Å². The molecule has 5 rings (SSSR count). The standard InChI is InChI=1S/C26H25N3O2/c1-4-10-20(11-5-1)23-18-30-25(27-23)16-29(22-14-8-3-9-15-22)17-26-28-24(19-31-26)21-12-6-2-7-13-21/h1-15,23-24H,16-19H2/t23-,24-/m0/s1. The van der Waals surface area contributed by atoms with Crippen molar-refractivity contribution >= 4 is 17.5 Å². The molecule has 0 spiro atoms. The first-order chi connectivity index (χ1) is 15.3. The lowest BCUT2D eigenvalue weighted by Gasteiger charge is -2.23. The van der Waals surface area contributed by atoms with Gasteiger partial charge in [-0.15, -0.1) is 0 Å². The Labute approximate surface area is 182 Å². The lowest BCUT2D eigenvalue weighted by molar-refractivity contribution is 0.310. The molecule has 0 amide bonds. The van der Waals surface area contributed by atoms with Crippen molar-refractivity contribution in [1.82, 2.24) is 0 Å². The molecule has 0 unspecified atom stereocenters. The van der Waals surface area contributed by atoms with E-state index in [2.05, 4.69) is 41.3 Å². The maximum absolute atomic E-state index is 5.95. The van der Waals surface area contributed by atoms with Gasteiger partial charge < -0.3 is 14.4 Å². The highest BCUT2D eigenvalue weighted by Gasteiger charge is 2.26. The summed E-state index contributed by atoms with van der Waals surface area (Å²) in [6.07, 6.45) is 0. The molecule has 5 nitrogen and oxygen atoms in total. The van der Waals surface area contributed by atoms with Crippen molar-refractivity contribution in [3.8, 4) is 0 Å². The van der Waals surface area contributed by atoms with Gasteiger partial charge in [-0.1, -0.05) is 78.9 Å². The van der Waals surface area contributed by atoms with E-state index in [1.165, 1.54) is 11.1 Å². The molecule has 0 N–H and O–H groups in total. The van der Waals surface area contributed by atoms with Crippen LogP contribution in [0.4, 0.5) is 5.69 Å². The number of anilines is 1. The van der Waals surface area contributed by atoms with E-state index in [1.807, 2.05) is 54.6 Å². The van der Waals surface area contributed by atoms with Gasteiger partial charge in [0.05, 0.1) is 13.1 Å². The molecule has 0 aliphatic carbocycles. The molecule has 31 heavy (non-hydrogen) atoms. The Hall–Kier alpha value is -3.60. The fraction of sp³-hybridized carbons (Fsp3) is 0.231. The number of hydrogen-bond acceptors (Lipinski definition) is 5. The Kier molecular flexibility index (Phi) is 5.65. The fourth-order valence-electron chi connectivity index (χ4n) is 3.92. The summed E-state index contributed by atoms with van der Waals surface area (Å²) in [6.45, 7) is 2.31. The summed E-state index contributed by atoms with van der Waals surface area (Å²) in [5.74, 6) is 1.49. The van der Waals surface area contributed by atoms with Crippen molar-refractivity contribution in [2.75, 3.05) is 31.2 Å². The summed E-state index contributed by atoms with van der Waals surface area (Å²) >= 11 is 0. The molecule has 5 heteroatoms. The third kappa shape index (κ3) is 4.61. The first-order valence-electron chi connectivity index (χ1n) is 10.6. The molecule has 0 aromatic heterocycles. The predicted octanol–water partition coefficient (Wildman–Crippen LogP) is 4.83. The maximum atomic E-state index is 5.95. The van der Waals surface area contributed by atoms with Crippen LogP contribution in [0, 0.1) is 0 Å². The lowest BCUT2D eigenvalue weighted by Crippen LogP contribution is -2.35. The van der Waals surface area contributed by atoms with E-state index in [9.17, 15) is 0 Å². The summed E-state index contributed by atoms with van der Waals surface area (Å²) in [6, 6.07) is 31.0. The molecule has 0 saturated carbocycles. The van der Waals surface area contributed by atoms with Crippen LogP contribution in [-0.4, -0.2) is 38.1 Å². The Morgan fingerprint density at radius 2 is 1.03 bits per heavy atom. The van der Waals surface area contributed by atoms with Gasteiger partial charge >= 0.3 is 0 Å². The van der Waals surface area contributed by atoms with E-state index in [-0.39, 0.29) is 12.1 Å². The highest BCUT2D eigenvalue weighted by Crippen LogP contribution is 2.26. The number of nitrogens with zero attached hydrogens (tertiary/aromatic N) is 3. The highest BCUT2D eigenvalue weighted by atomic mass is 16.5. The number of para-hydroxylation sites is 1. The van der Waals surface area contributed by atoms with Crippen molar-refractivity contribution in [3.63, 3.8) is 0 Å². The van der Waals surface area contributed by atoms with Gasteiger partial charge in [-0.2, -0.15) is 0 Å². The van der Waals surface area contributed by atoms with Crippen LogP contribution in [0.5, 0.6) is 0 Å². The topological polar surface area (TPSA) is 46.4 Å². The van der Waals surface area contributed by atoms with Gasteiger partial charge in [-0.3, -0.25) is 0 Å². The molecule has 0 radical (unpaired) electrons. The van der Waals surface area contributed by atoms with Crippen LogP contribution in [-0.2, 0) is 9.47 Å². The Bertz CT molecular complexity index is 984. The van der Waals surface area contributed by atoms with Crippen LogP contribution in [0.25, 0.3) is 0 Å². The summed E-state index contributed by atoms with van der Waals surface area (Å²) < 4.78 is 11.9. The number of benzene rings is 3. The van der Waals surface area contributed by atoms with Gasteiger partial charge in [-0.25, -0.2) is 9.98 Å². The van der Waals surface area contributed by atoms with Crippen LogP contribution in [0.15, 0.2) is 101 Å². The number of rotatable bonds is 7. The van der Waals surface area contributed by atoms with E-state index in [4.69, 9.17) is 19.5 Å². The average molecular weight is 412 g/mol. The number of aliphatic imine (C=N–C) groups is 2. The zero-order valence-corrected chi connectivity index (χ0v) is 17.3. The molecule has 2 aliphatic rings. The molecular formula is C26H25N3O2. The molecule has 2 atom stereocenters. The van der Waals surface area contributed by atoms with Gasteiger partial charge in [0.25, 0.3) is 0 Å². The Morgan fingerprint density at radius 3 is 1.48 bits per heavy atom. The van der Waals surface area contributed by atoms with Gasteiger partial charge in [0.2, 0.25) is 11.8 Å². The van der Waals surface area contributed by atoms with Gasteiger partial charge in [-0.05, 0) is 23.3 Å². The normalized spacial score (nSPS) is 19.9. The van der Waals surface area contributed by atoms with Gasteiger partial charge in [0.1, 0.15) is 25.3 Å². The number of ether oxygens (including phenoxy) is 2. The van der Waals surface area contributed by atoms with E-state index >= 15 is 0 Å². The monoisotopic (exact) mass is 411 g/mol. The predicted molar refractivity (Wildman–Crippen MR) is 124 cm³/mol. The molecule has 0 fully saturated rings. The van der Waals surface area contributed by atoms with E-state index in [1.54, 1.807) is 0 Å². The Morgan fingerprint density at radius 1 is 0.613 bits per heavy atom. The molecule has 2 heterocycles. The van der Waals surface area contributed by atoms with Crippen LogP contribution >= 0.6 is 0 Å². The third-order valence-corrected chi connectivity index (χ3v) is 5.56. The van der Waals surface area contributed by atoms with Crippen LogP contribution in [0.2, 0.25) is 0 Å². The molecule has 0 saturated heterocycles. The molecular weight excluding hydrogens is 386 g/mol. The first kappa shape index (κ1) is 19.4. The summed E-state index contributed by atoms with van der Waals surface area (Å²) in [4.78, 5) is 11.9. The summed E-state index contributed by atoms with van der Waals surface area (Å²) in [7, 11) is 0. The molecule has 0 bridgehead atoms.